The maximum atomic E-state index is 11.9. The molecule has 0 aromatic heterocycles. The summed E-state index contributed by atoms with van der Waals surface area (Å²) in [6.07, 6.45) is 1.32. The summed E-state index contributed by atoms with van der Waals surface area (Å²) < 4.78 is 5.48. The first-order chi connectivity index (χ1) is 8.70. The van der Waals surface area contributed by atoms with Crippen molar-refractivity contribution in [1.82, 2.24) is 5.32 Å². The normalized spacial score (nSPS) is 24.2. The number of ether oxygens (including phenoxy) is 1. The predicted molar refractivity (Wildman–Crippen MR) is 66.5 cm³/mol. The Morgan fingerprint density at radius 3 is 2.72 bits per heavy atom. The first kappa shape index (κ1) is 12.6. The Labute approximate surface area is 107 Å². The second-order valence-electron chi connectivity index (χ2n) is 4.49. The van der Waals surface area contributed by atoms with Gasteiger partial charge in [-0.2, -0.15) is 5.26 Å². The lowest BCUT2D eigenvalue weighted by atomic mass is 10.1. The fraction of sp³-hybridized carbons (Fsp3) is 0.429. The molecule has 1 saturated heterocycles. The van der Waals surface area contributed by atoms with Crippen LogP contribution in [0.3, 0.4) is 0 Å². The lowest BCUT2D eigenvalue weighted by Crippen LogP contribution is -2.36. The van der Waals surface area contributed by atoms with E-state index in [-0.39, 0.29) is 12.0 Å². The Bertz CT molecular complexity index is 453. The van der Waals surface area contributed by atoms with Crippen LogP contribution in [-0.2, 0) is 9.53 Å². The fourth-order valence-corrected chi connectivity index (χ4v) is 2.07. The zero-order valence-electron chi connectivity index (χ0n) is 10.3. The molecule has 0 radical (unpaired) electrons. The number of amides is 1. The summed E-state index contributed by atoms with van der Waals surface area (Å²) in [7, 11) is 0. The molecule has 0 aliphatic carbocycles. The Hall–Kier alpha value is -1.86. The van der Waals surface area contributed by atoms with Crippen LogP contribution in [0.5, 0.6) is 0 Å². The minimum atomic E-state index is -0.613. The van der Waals surface area contributed by atoms with Crippen LogP contribution in [0.25, 0.3) is 0 Å². The van der Waals surface area contributed by atoms with Gasteiger partial charge in [-0.05, 0) is 25.3 Å². The standard InChI is InChI=1S/C14H16N2O2/c1-10-7-8-13(18-10)14(17)16-12(9-15)11-5-3-2-4-6-11/h2-6,10,12-13H,7-8H2,1H3,(H,16,17). The van der Waals surface area contributed by atoms with Crippen molar-refractivity contribution in [3.63, 3.8) is 0 Å². The van der Waals surface area contributed by atoms with Gasteiger partial charge in [-0.25, -0.2) is 0 Å². The second-order valence-corrected chi connectivity index (χ2v) is 4.49. The van der Waals surface area contributed by atoms with Gasteiger partial charge in [0.05, 0.1) is 12.2 Å². The van der Waals surface area contributed by atoms with E-state index < -0.39 is 12.1 Å². The van der Waals surface area contributed by atoms with Crippen molar-refractivity contribution < 1.29 is 9.53 Å². The average Bonchev–Trinajstić information content (AvgIpc) is 2.83. The second kappa shape index (κ2) is 5.65. The van der Waals surface area contributed by atoms with E-state index in [9.17, 15) is 4.79 Å². The monoisotopic (exact) mass is 244 g/mol. The van der Waals surface area contributed by atoms with Crippen molar-refractivity contribution in [3.05, 3.63) is 35.9 Å². The lowest BCUT2D eigenvalue weighted by Gasteiger charge is -2.15. The van der Waals surface area contributed by atoms with E-state index in [2.05, 4.69) is 11.4 Å². The minimum absolute atomic E-state index is 0.123. The third-order valence-electron chi connectivity index (χ3n) is 3.07. The van der Waals surface area contributed by atoms with Gasteiger partial charge in [-0.1, -0.05) is 30.3 Å². The van der Waals surface area contributed by atoms with E-state index in [0.717, 1.165) is 18.4 Å². The van der Waals surface area contributed by atoms with E-state index in [0.29, 0.717) is 0 Å². The molecule has 4 nitrogen and oxygen atoms in total. The zero-order chi connectivity index (χ0) is 13.0. The largest absolute Gasteiger partial charge is 0.365 e. The average molecular weight is 244 g/mol. The number of hydrogen-bond donors (Lipinski definition) is 1. The molecule has 4 heteroatoms. The summed E-state index contributed by atoms with van der Waals surface area (Å²) in [6.45, 7) is 1.95. The molecule has 2 rings (SSSR count). The summed E-state index contributed by atoms with van der Waals surface area (Å²) in [5, 5.41) is 11.8. The SMILES string of the molecule is CC1CCC(C(=O)NC(C#N)c2ccccc2)O1. The molecular weight excluding hydrogens is 228 g/mol. The number of rotatable bonds is 3. The Balaban J connectivity index is 1.99. The maximum Gasteiger partial charge on any atom is 0.250 e. The van der Waals surface area contributed by atoms with Gasteiger partial charge in [-0.15, -0.1) is 0 Å². The molecule has 1 aromatic carbocycles. The van der Waals surface area contributed by atoms with E-state index in [1.807, 2.05) is 37.3 Å². The third-order valence-corrected chi connectivity index (χ3v) is 3.07. The van der Waals surface area contributed by atoms with Gasteiger partial charge in [0.2, 0.25) is 5.91 Å². The number of benzene rings is 1. The number of nitriles is 1. The van der Waals surface area contributed by atoms with E-state index in [1.165, 1.54) is 0 Å². The van der Waals surface area contributed by atoms with Crippen LogP contribution in [0.2, 0.25) is 0 Å². The molecule has 1 amide bonds. The van der Waals surface area contributed by atoms with E-state index >= 15 is 0 Å². The van der Waals surface area contributed by atoms with Crippen molar-refractivity contribution in [1.29, 1.82) is 5.26 Å². The van der Waals surface area contributed by atoms with Gasteiger partial charge in [0.25, 0.3) is 0 Å². The summed E-state index contributed by atoms with van der Waals surface area (Å²) in [6, 6.07) is 10.7. The number of nitrogens with zero attached hydrogens (tertiary/aromatic N) is 1. The predicted octanol–water partition coefficient (Wildman–Crippen LogP) is 1.93. The molecule has 1 N–H and O–H groups in total. The van der Waals surface area contributed by atoms with Crippen LogP contribution in [0, 0.1) is 11.3 Å². The fourth-order valence-electron chi connectivity index (χ4n) is 2.07. The highest BCUT2D eigenvalue weighted by molar-refractivity contribution is 5.81. The van der Waals surface area contributed by atoms with Crippen molar-refractivity contribution in [2.45, 2.75) is 38.0 Å². The molecule has 1 aromatic rings. The number of carbonyl (C=O) groups excluding carboxylic acids is 1. The van der Waals surface area contributed by atoms with Crippen molar-refractivity contribution in [2.24, 2.45) is 0 Å². The van der Waals surface area contributed by atoms with Crippen LogP contribution >= 0.6 is 0 Å². The molecule has 18 heavy (non-hydrogen) atoms. The Kier molecular flexibility index (Phi) is 3.96. The van der Waals surface area contributed by atoms with Gasteiger partial charge in [0.15, 0.2) is 0 Å². The van der Waals surface area contributed by atoms with Gasteiger partial charge in [-0.3, -0.25) is 4.79 Å². The molecule has 3 unspecified atom stereocenters. The molecule has 0 spiro atoms. The van der Waals surface area contributed by atoms with Crippen LogP contribution in [0.1, 0.15) is 31.4 Å². The van der Waals surface area contributed by atoms with Gasteiger partial charge in [0.1, 0.15) is 12.1 Å². The molecule has 1 aliphatic heterocycles. The van der Waals surface area contributed by atoms with Crippen LogP contribution in [0.15, 0.2) is 30.3 Å². The van der Waals surface area contributed by atoms with E-state index in [1.54, 1.807) is 0 Å². The summed E-state index contributed by atoms with van der Waals surface area (Å²) in [5.41, 5.74) is 0.791. The molecule has 1 aliphatic rings. The van der Waals surface area contributed by atoms with Crippen molar-refractivity contribution in [2.75, 3.05) is 0 Å². The van der Waals surface area contributed by atoms with Crippen LogP contribution in [-0.4, -0.2) is 18.1 Å². The summed E-state index contributed by atoms with van der Waals surface area (Å²) in [5.74, 6) is -0.199. The summed E-state index contributed by atoms with van der Waals surface area (Å²) in [4.78, 5) is 11.9. The quantitative estimate of drug-likeness (QED) is 0.883. The highest BCUT2D eigenvalue weighted by atomic mass is 16.5. The zero-order valence-corrected chi connectivity index (χ0v) is 10.3. The number of carbonyl (C=O) groups is 1. The minimum Gasteiger partial charge on any atom is -0.365 e. The molecule has 1 fully saturated rings. The van der Waals surface area contributed by atoms with Gasteiger partial charge >= 0.3 is 0 Å². The summed E-state index contributed by atoms with van der Waals surface area (Å²) >= 11 is 0. The van der Waals surface area contributed by atoms with Crippen molar-refractivity contribution in [3.8, 4) is 6.07 Å². The van der Waals surface area contributed by atoms with Crippen LogP contribution in [0.4, 0.5) is 0 Å². The lowest BCUT2D eigenvalue weighted by molar-refractivity contribution is -0.132. The maximum absolute atomic E-state index is 11.9. The molecule has 0 bridgehead atoms. The Morgan fingerprint density at radius 1 is 1.44 bits per heavy atom. The molecule has 3 atom stereocenters. The smallest absolute Gasteiger partial charge is 0.250 e. The number of hydrogen-bond acceptors (Lipinski definition) is 3. The first-order valence-corrected chi connectivity index (χ1v) is 6.11. The molecular formula is C14H16N2O2. The number of nitrogens with one attached hydrogen (secondary N) is 1. The molecule has 0 saturated carbocycles. The highest BCUT2D eigenvalue weighted by Gasteiger charge is 2.29. The van der Waals surface area contributed by atoms with Gasteiger partial charge in [0, 0.05) is 0 Å². The topological polar surface area (TPSA) is 62.1 Å². The van der Waals surface area contributed by atoms with E-state index in [4.69, 9.17) is 10.00 Å². The molecule has 94 valence electrons. The Morgan fingerprint density at radius 2 is 2.17 bits per heavy atom. The molecule has 1 heterocycles. The third kappa shape index (κ3) is 2.88. The van der Waals surface area contributed by atoms with Crippen LogP contribution < -0.4 is 5.32 Å². The first-order valence-electron chi connectivity index (χ1n) is 6.11. The van der Waals surface area contributed by atoms with Crippen molar-refractivity contribution >= 4 is 5.91 Å². The van der Waals surface area contributed by atoms with Gasteiger partial charge < -0.3 is 10.1 Å². The highest BCUT2D eigenvalue weighted by Crippen LogP contribution is 2.20.